The second-order valence-electron chi connectivity index (χ2n) is 1.55. The Morgan fingerprint density at radius 1 is 1.20 bits per heavy atom. The predicted octanol–water partition coefficient (Wildman–Crippen LogP) is 1.04. The van der Waals surface area contributed by atoms with Gasteiger partial charge in [0, 0.05) is 4.90 Å². The van der Waals surface area contributed by atoms with Crippen molar-refractivity contribution < 1.29 is 8.76 Å². The van der Waals surface area contributed by atoms with Gasteiger partial charge < -0.3 is 4.55 Å². The highest BCUT2D eigenvalue weighted by Gasteiger charge is 1.84. The molecule has 0 heterocycles. The standard InChI is InChI=1S/C6H6O2S.H2S/c7-9(8)6-4-2-1-3-5-6;/h1-5H,(H,7,8);1H2/p-1. The molecular weight excluding hydrogens is 168 g/mol. The normalized spacial score (nSPS) is 11.7. The van der Waals surface area contributed by atoms with E-state index in [-0.39, 0.29) is 13.5 Å². The van der Waals surface area contributed by atoms with Crippen LogP contribution in [0, 0.1) is 0 Å². The molecule has 0 aliphatic heterocycles. The zero-order valence-corrected chi connectivity index (χ0v) is 6.93. The highest BCUT2D eigenvalue weighted by molar-refractivity contribution is 7.79. The molecule has 1 unspecified atom stereocenters. The molecule has 4 heteroatoms. The summed E-state index contributed by atoms with van der Waals surface area (Å²) in [6, 6.07) is 8.23. The molecule has 0 saturated carbocycles. The summed E-state index contributed by atoms with van der Waals surface area (Å²) in [5.74, 6) is 0. The summed E-state index contributed by atoms with van der Waals surface area (Å²) in [7, 11) is 0. The third-order valence-corrected chi connectivity index (χ3v) is 1.59. The second kappa shape index (κ2) is 4.49. The summed E-state index contributed by atoms with van der Waals surface area (Å²) in [5.41, 5.74) is 0. The van der Waals surface area contributed by atoms with Gasteiger partial charge in [-0.2, -0.15) is 13.5 Å². The van der Waals surface area contributed by atoms with Gasteiger partial charge in [0.25, 0.3) is 0 Å². The van der Waals surface area contributed by atoms with Gasteiger partial charge in [-0.05, 0) is 23.2 Å². The Morgan fingerprint density at radius 3 is 2.00 bits per heavy atom. The molecule has 0 spiro atoms. The van der Waals surface area contributed by atoms with Crippen LogP contribution in [0.5, 0.6) is 0 Å². The first kappa shape index (κ1) is 9.68. The third-order valence-electron chi connectivity index (χ3n) is 0.936. The van der Waals surface area contributed by atoms with E-state index in [0.717, 1.165) is 0 Å². The fourth-order valence-corrected chi connectivity index (χ4v) is 0.911. The van der Waals surface area contributed by atoms with Gasteiger partial charge in [0.2, 0.25) is 0 Å². The minimum absolute atomic E-state index is 0. The van der Waals surface area contributed by atoms with Crippen LogP contribution in [0.4, 0.5) is 0 Å². The summed E-state index contributed by atoms with van der Waals surface area (Å²) in [5, 5.41) is 0. The summed E-state index contributed by atoms with van der Waals surface area (Å²) in [4.78, 5) is 0.331. The molecule has 2 nitrogen and oxygen atoms in total. The van der Waals surface area contributed by atoms with E-state index in [1.807, 2.05) is 0 Å². The fraction of sp³-hybridized carbons (Fsp3) is 0. The minimum Gasteiger partial charge on any atom is -0.768 e. The van der Waals surface area contributed by atoms with E-state index in [1.54, 1.807) is 30.3 Å². The molecule has 1 rings (SSSR count). The minimum atomic E-state index is -2.08. The van der Waals surface area contributed by atoms with Crippen molar-refractivity contribution in [1.29, 1.82) is 0 Å². The monoisotopic (exact) mass is 175 g/mol. The van der Waals surface area contributed by atoms with Crippen LogP contribution in [-0.4, -0.2) is 8.76 Å². The van der Waals surface area contributed by atoms with Crippen LogP contribution in [-0.2, 0) is 11.1 Å². The van der Waals surface area contributed by atoms with Crippen LogP contribution in [0.25, 0.3) is 0 Å². The quantitative estimate of drug-likeness (QED) is 0.598. The van der Waals surface area contributed by atoms with Crippen molar-refractivity contribution >= 4 is 24.6 Å². The van der Waals surface area contributed by atoms with E-state index in [1.165, 1.54) is 0 Å². The average Bonchev–Trinajstić information content (AvgIpc) is 1.90. The Labute approximate surface area is 69.0 Å². The lowest BCUT2D eigenvalue weighted by Crippen LogP contribution is -1.85. The zero-order chi connectivity index (χ0) is 6.69. The van der Waals surface area contributed by atoms with Gasteiger partial charge in [0.05, 0.1) is 0 Å². The molecule has 56 valence electrons. The van der Waals surface area contributed by atoms with Crippen LogP contribution in [0.1, 0.15) is 0 Å². The molecule has 1 aromatic rings. The van der Waals surface area contributed by atoms with E-state index in [0.29, 0.717) is 4.90 Å². The molecule has 0 saturated heterocycles. The van der Waals surface area contributed by atoms with Gasteiger partial charge in [-0.15, -0.1) is 0 Å². The number of hydrogen-bond acceptors (Lipinski definition) is 2. The molecule has 1 atom stereocenters. The Balaban J connectivity index is 0.000000810. The maximum atomic E-state index is 10.2. The highest BCUT2D eigenvalue weighted by Crippen LogP contribution is 2.00. The number of benzene rings is 1. The summed E-state index contributed by atoms with van der Waals surface area (Å²) < 4.78 is 20.4. The smallest absolute Gasteiger partial charge is 0.0248 e. The summed E-state index contributed by atoms with van der Waals surface area (Å²) in [6.45, 7) is 0. The van der Waals surface area contributed by atoms with Crippen molar-refractivity contribution in [2.45, 2.75) is 4.90 Å². The van der Waals surface area contributed by atoms with Gasteiger partial charge in [0.1, 0.15) is 0 Å². The molecule has 0 aromatic heterocycles. The van der Waals surface area contributed by atoms with Gasteiger partial charge in [-0.25, -0.2) is 0 Å². The van der Waals surface area contributed by atoms with Crippen LogP contribution in [0.15, 0.2) is 35.2 Å². The molecule has 0 radical (unpaired) electrons. The van der Waals surface area contributed by atoms with Gasteiger partial charge in [-0.1, -0.05) is 18.2 Å². The fourth-order valence-electron chi connectivity index (χ4n) is 0.532. The molecule has 0 N–H and O–H groups in total. The topological polar surface area (TPSA) is 40.1 Å². The van der Waals surface area contributed by atoms with E-state index in [4.69, 9.17) is 0 Å². The molecule has 0 fully saturated rings. The number of rotatable bonds is 1. The molecule has 0 bridgehead atoms. The third kappa shape index (κ3) is 2.51. The lowest BCUT2D eigenvalue weighted by atomic mass is 10.4. The Bertz CT molecular complexity index is 210. The average molecular weight is 175 g/mol. The van der Waals surface area contributed by atoms with E-state index in [9.17, 15) is 8.76 Å². The lowest BCUT2D eigenvalue weighted by Gasteiger charge is -2.01. The second-order valence-corrected chi connectivity index (χ2v) is 2.49. The molecule has 1 aromatic carbocycles. The Kier molecular flexibility index (Phi) is 4.34. The summed E-state index contributed by atoms with van der Waals surface area (Å²) in [6.07, 6.45) is 0. The number of hydrogen-bond donors (Lipinski definition) is 0. The lowest BCUT2D eigenvalue weighted by molar-refractivity contribution is 0.537. The highest BCUT2D eigenvalue weighted by atomic mass is 32.2. The van der Waals surface area contributed by atoms with Gasteiger partial charge in [0.15, 0.2) is 0 Å². The van der Waals surface area contributed by atoms with E-state index < -0.39 is 11.1 Å². The van der Waals surface area contributed by atoms with Crippen molar-refractivity contribution in [3.63, 3.8) is 0 Å². The Morgan fingerprint density at radius 2 is 1.70 bits per heavy atom. The predicted molar refractivity (Wildman–Crippen MR) is 44.0 cm³/mol. The first-order valence-electron chi connectivity index (χ1n) is 2.45. The van der Waals surface area contributed by atoms with Crippen LogP contribution in [0.3, 0.4) is 0 Å². The van der Waals surface area contributed by atoms with Crippen molar-refractivity contribution in [3.8, 4) is 0 Å². The Hall–Kier alpha value is -0.320. The zero-order valence-electron chi connectivity index (χ0n) is 5.11. The van der Waals surface area contributed by atoms with E-state index in [2.05, 4.69) is 0 Å². The van der Waals surface area contributed by atoms with Crippen LogP contribution < -0.4 is 0 Å². The van der Waals surface area contributed by atoms with Gasteiger partial charge in [-0.3, -0.25) is 4.21 Å². The maximum Gasteiger partial charge on any atom is 0.0248 e. The first-order valence-corrected chi connectivity index (χ1v) is 3.52. The SMILES string of the molecule is O=S([O-])c1ccccc1.S. The van der Waals surface area contributed by atoms with E-state index >= 15 is 0 Å². The molecular formula is C6H7O2S2-. The van der Waals surface area contributed by atoms with Crippen LogP contribution >= 0.6 is 13.5 Å². The molecule has 10 heavy (non-hydrogen) atoms. The van der Waals surface area contributed by atoms with Gasteiger partial charge >= 0.3 is 0 Å². The first-order chi connectivity index (χ1) is 4.30. The van der Waals surface area contributed by atoms with Crippen molar-refractivity contribution in [1.82, 2.24) is 0 Å². The van der Waals surface area contributed by atoms with Crippen LogP contribution in [0.2, 0.25) is 0 Å². The largest absolute Gasteiger partial charge is 0.768 e. The molecule has 0 aliphatic rings. The summed E-state index contributed by atoms with van der Waals surface area (Å²) >= 11 is -2.08. The van der Waals surface area contributed by atoms with Crippen molar-refractivity contribution in [2.75, 3.05) is 0 Å². The maximum absolute atomic E-state index is 10.2. The van der Waals surface area contributed by atoms with Crippen molar-refractivity contribution in [3.05, 3.63) is 30.3 Å². The molecule has 0 aliphatic carbocycles. The van der Waals surface area contributed by atoms with Crippen molar-refractivity contribution in [2.24, 2.45) is 0 Å². The molecule has 0 amide bonds.